The van der Waals surface area contributed by atoms with Crippen molar-refractivity contribution < 1.29 is 86.9 Å². The molecule has 4 radical (unpaired) electrons. The first-order valence-corrected chi connectivity index (χ1v) is 0. The number of hydrogen-bond acceptors (Lipinski definition) is 0. The maximum Gasteiger partial charge on any atom is 3.00 e. The van der Waals surface area contributed by atoms with Gasteiger partial charge in [0, 0.05) is 0 Å². The first-order chi connectivity index (χ1) is 0. The molecule has 0 aliphatic heterocycles. The summed E-state index contributed by atoms with van der Waals surface area (Å²) in [6.45, 7) is 0. The van der Waals surface area contributed by atoms with Crippen molar-refractivity contribution in [3.05, 3.63) is 78.9 Å². The summed E-state index contributed by atoms with van der Waals surface area (Å²) in [6, 6.07) is 0. The zero-order valence-electron chi connectivity index (χ0n) is 10.6. The van der Waals surface area contributed by atoms with Crippen LogP contribution in [0.2, 0.25) is 0 Å². The molecule has 0 fully saturated rings. The van der Waals surface area contributed by atoms with E-state index in [4.69, 9.17) is 0 Å². The Bertz CT molecular complexity index is 24.0. The standard InChI is InChI=1S/4CH3.8H2N.4Ti/h4*1H3;8*1H2;;;;/q12*-1;4*+3. The predicted molar refractivity (Wildman–Crippen MR) is 67.9 cm³/mol. The van der Waals surface area contributed by atoms with Crippen LogP contribution in [0, 0.1) is 29.7 Å². The maximum atomic E-state index is 0. The van der Waals surface area contributed by atoms with Gasteiger partial charge in [0.25, 0.3) is 0 Å². The van der Waals surface area contributed by atoms with Crippen molar-refractivity contribution in [1.29, 1.82) is 0 Å². The van der Waals surface area contributed by atoms with Gasteiger partial charge in [-0.3, -0.25) is 0 Å². The molecule has 0 saturated carbocycles. The molecule has 0 unspecified atom stereocenters. The molecule has 0 aliphatic rings. The van der Waals surface area contributed by atoms with Crippen LogP contribution in [0.1, 0.15) is 0 Å². The van der Waals surface area contributed by atoms with Crippen LogP contribution in [0.5, 0.6) is 0 Å². The normalized spacial score (nSPS) is 0. The molecule has 0 saturated heterocycles. The molecule has 0 atom stereocenters. The molecule has 0 aromatic rings. The second-order valence-electron chi connectivity index (χ2n) is 0. The Morgan fingerprint density at radius 3 is 0.188 bits per heavy atom. The van der Waals surface area contributed by atoms with Crippen molar-refractivity contribution in [2.24, 2.45) is 0 Å². The van der Waals surface area contributed by atoms with Crippen molar-refractivity contribution in [3.8, 4) is 0 Å². The van der Waals surface area contributed by atoms with Gasteiger partial charge in [-0.15, -0.1) is 0 Å². The van der Waals surface area contributed by atoms with E-state index in [0.717, 1.165) is 0 Å². The largest absolute Gasteiger partial charge is 3.00 e. The molecule has 16 heavy (non-hydrogen) atoms. The van der Waals surface area contributed by atoms with Crippen molar-refractivity contribution in [2.75, 3.05) is 0 Å². The average molecular weight is 380 g/mol. The van der Waals surface area contributed by atoms with E-state index < -0.39 is 0 Å². The molecule has 0 aliphatic carbocycles. The smallest absolute Gasteiger partial charge is 0.693 e. The van der Waals surface area contributed by atoms with Gasteiger partial charge in [0.1, 0.15) is 0 Å². The second kappa shape index (κ2) is 745. The van der Waals surface area contributed by atoms with Gasteiger partial charge in [0.15, 0.2) is 0 Å². The van der Waals surface area contributed by atoms with Crippen LogP contribution >= 0.6 is 0 Å². The minimum Gasteiger partial charge on any atom is -0.693 e. The molecule has 0 rings (SSSR count). The Hall–Kier alpha value is 2.54. The molecular weight excluding hydrogens is 352 g/mol. The van der Waals surface area contributed by atoms with Crippen LogP contribution in [-0.4, -0.2) is 0 Å². The number of hydrogen-bond donors (Lipinski definition) is 0. The molecule has 0 aromatic carbocycles. The van der Waals surface area contributed by atoms with Gasteiger partial charge in [0.05, 0.1) is 0 Å². The molecule has 0 amide bonds. The first kappa shape index (κ1) is 886. The quantitative estimate of drug-likeness (QED) is 0.291. The summed E-state index contributed by atoms with van der Waals surface area (Å²) in [6.07, 6.45) is 0. The number of nitrogens with two attached hydrogens (primary N) is 8. The van der Waals surface area contributed by atoms with E-state index in [2.05, 4.69) is 0 Å². The van der Waals surface area contributed by atoms with Gasteiger partial charge in [-0.25, -0.2) is 0 Å². The van der Waals surface area contributed by atoms with Gasteiger partial charge in [-0.2, -0.15) is 0 Å². The third-order valence-corrected chi connectivity index (χ3v) is 0. The Morgan fingerprint density at radius 1 is 0.188 bits per heavy atom. The van der Waals surface area contributed by atoms with Crippen LogP contribution in [0.25, 0.3) is 49.2 Å². The van der Waals surface area contributed by atoms with Crippen molar-refractivity contribution in [1.82, 2.24) is 0 Å². The van der Waals surface area contributed by atoms with Crippen LogP contribution in [0.4, 0.5) is 0 Å². The average Bonchev–Trinajstić information content (AvgIpc) is 0. The monoisotopic (exact) mass is 380 g/mol. The SMILES string of the molecule is [CH3-].[CH3-].[CH3-].[CH3-].[NH2-].[NH2-].[NH2-].[NH2-].[NH2-].[NH2-].[NH2-].[NH2-].[Ti+3].[Ti+3].[Ti+3].[Ti+3]. The molecule has 0 aromatic heterocycles. The topological polar surface area (TPSA) is 268 Å². The van der Waals surface area contributed by atoms with E-state index in [9.17, 15) is 0 Å². The Morgan fingerprint density at radius 2 is 0.188 bits per heavy atom. The van der Waals surface area contributed by atoms with Crippen LogP contribution in [0.15, 0.2) is 0 Å². The molecule has 0 spiro atoms. The van der Waals surface area contributed by atoms with E-state index in [1.165, 1.54) is 0 Å². The van der Waals surface area contributed by atoms with E-state index >= 15 is 0 Å². The molecular formula is C4H28N8Ti4. The summed E-state index contributed by atoms with van der Waals surface area (Å²) in [5, 5.41) is 0. The Labute approximate surface area is 164 Å². The fraction of sp³-hybridized carbons (Fsp3) is 0. The van der Waals surface area contributed by atoms with E-state index in [0.29, 0.717) is 0 Å². The molecule has 12 heteroatoms. The third kappa shape index (κ3) is 620. The van der Waals surface area contributed by atoms with Crippen molar-refractivity contribution in [3.63, 3.8) is 0 Å². The minimum atomic E-state index is 0. The summed E-state index contributed by atoms with van der Waals surface area (Å²) in [5.41, 5.74) is 0. The minimum absolute atomic E-state index is 0. The molecule has 8 nitrogen and oxygen atoms in total. The van der Waals surface area contributed by atoms with Crippen LogP contribution < -0.4 is 0 Å². The van der Waals surface area contributed by atoms with Gasteiger partial charge in [-0.05, 0) is 0 Å². The van der Waals surface area contributed by atoms with Crippen molar-refractivity contribution >= 4 is 0 Å². The molecule has 100 valence electrons. The third-order valence-electron chi connectivity index (χ3n) is 0. The fourth-order valence-electron chi connectivity index (χ4n) is 0. The zero-order valence-corrected chi connectivity index (χ0v) is 16.9. The summed E-state index contributed by atoms with van der Waals surface area (Å²) in [5.74, 6) is 0. The van der Waals surface area contributed by atoms with Gasteiger partial charge >= 0.3 is 86.9 Å². The molecule has 0 heterocycles. The van der Waals surface area contributed by atoms with E-state index in [-0.39, 0.29) is 166 Å². The van der Waals surface area contributed by atoms with Crippen molar-refractivity contribution in [2.45, 2.75) is 0 Å². The van der Waals surface area contributed by atoms with E-state index in [1.807, 2.05) is 0 Å². The zero-order chi connectivity index (χ0) is 0. The molecule has 0 bridgehead atoms. The maximum absolute atomic E-state index is 0. The molecule has 16 N–H and O–H groups in total. The second-order valence-corrected chi connectivity index (χ2v) is 0. The first-order valence-electron chi connectivity index (χ1n) is 0. The summed E-state index contributed by atoms with van der Waals surface area (Å²) in [7, 11) is 0. The van der Waals surface area contributed by atoms with Gasteiger partial charge in [-0.1, -0.05) is 0 Å². The Balaban J connectivity index is 0. The van der Waals surface area contributed by atoms with Crippen LogP contribution in [0.3, 0.4) is 0 Å². The summed E-state index contributed by atoms with van der Waals surface area (Å²) in [4.78, 5) is 0. The Kier molecular flexibility index (Phi) is 41200. The van der Waals surface area contributed by atoms with Crippen LogP contribution in [-0.2, 0) is 86.9 Å². The van der Waals surface area contributed by atoms with E-state index in [1.54, 1.807) is 0 Å². The van der Waals surface area contributed by atoms with Gasteiger partial charge in [0.2, 0.25) is 0 Å². The summed E-state index contributed by atoms with van der Waals surface area (Å²) < 4.78 is 0. The summed E-state index contributed by atoms with van der Waals surface area (Å²) >= 11 is 0. The van der Waals surface area contributed by atoms with Gasteiger partial charge < -0.3 is 78.9 Å². The number of rotatable bonds is 0. The fourth-order valence-corrected chi connectivity index (χ4v) is 0. The predicted octanol–water partition coefficient (Wildman–Crippen LogP) is 7.53.